The van der Waals surface area contributed by atoms with E-state index in [4.69, 9.17) is 0 Å². The molecule has 0 N–H and O–H groups in total. The Bertz CT molecular complexity index is 110. The minimum Gasteiger partial charge on any atom is -0.121 e. The minimum absolute atomic E-state index is 0. The largest absolute Gasteiger partial charge is 0.121 e. The van der Waals surface area contributed by atoms with Crippen LogP contribution >= 0.6 is 0 Å². The summed E-state index contributed by atoms with van der Waals surface area (Å²) in [5.41, 5.74) is 2.86. The zero-order chi connectivity index (χ0) is 3.54. The third kappa shape index (κ3) is 4.72. The molecule has 0 aromatic rings. The molecule has 0 amide bonds. The molecule has 2 heteroatoms. The molecule has 0 saturated heterocycles. The molecular weight excluding hydrogens is 297 g/mol. The van der Waals surface area contributed by atoms with Crippen LogP contribution < -0.4 is 0 Å². The third-order valence-electron chi connectivity index (χ3n) is 0.496. The summed E-state index contributed by atoms with van der Waals surface area (Å²) >= 11 is 0. The van der Waals surface area contributed by atoms with Crippen molar-refractivity contribution in [2.24, 2.45) is 0 Å². The van der Waals surface area contributed by atoms with Crippen molar-refractivity contribution in [1.82, 2.24) is 0 Å². The van der Waals surface area contributed by atoms with Gasteiger partial charge in [-0.1, -0.05) is 12.2 Å². The molecule has 0 nitrogen and oxygen atoms in total. The summed E-state index contributed by atoms with van der Waals surface area (Å²) in [6.45, 7) is 0. The van der Waals surface area contributed by atoms with Crippen LogP contribution in [0, 0.1) is 0 Å². The number of hydrogen-bond acceptors (Lipinski definition) is 0. The topological polar surface area (TPSA) is 0 Å². The van der Waals surface area contributed by atoms with Gasteiger partial charge in [0.05, 0.1) is 0 Å². The fourth-order valence-corrected chi connectivity index (χ4v) is 0.278. The van der Waals surface area contributed by atoms with Crippen LogP contribution in [0.3, 0.4) is 0 Å². The summed E-state index contributed by atoms with van der Waals surface area (Å²) < 4.78 is 0. The van der Waals surface area contributed by atoms with Gasteiger partial charge < -0.3 is 0 Å². The summed E-state index contributed by atoms with van der Waals surface area (Å²) in [5, 5.41) is 0. The molecule has 0 saturated carbocycles. The Hall–Kier alpha value is 0.857. The van der Waals surface area contributed by atoms with Gasteiger partial charge in [0.1, 0.15) is 0 Å². The van der Waals surface area contributed by atoms with Crippen LogP contribution in [0.2, 0.25) is 0 Å². The first-order chi connectivity index (χ1) is 2.50. The molecule has 0 spiro atoms. The first-order valence-corrected chi connectivity index (χ1v) is 1.58. The van der Waals surface area contributed by atoms with Gasteiger partial charge in [0, 0.05) is 56.4 Å². The number of hydrogen-bond donors (Lipinski definition) is 0. The van der Waals surface area contributed by atoms with Gasteiger partial charge in [-0.15, -0.1) is 5.73 Å². The van der Waals surface area contributed by atoms with E-state index in [1.165, 1.54) is 0 Å². The summed E-state index contributed by atoms with van der Waals surface area (Å²) in [6.07, 6.45) is 7.64. The Balaban J connectivity index is -0.00000000521. The van der Waals surface area contributed by atoms with E-state index in [1.54, 1.807) is 0 Å². The molecule has 0 bridgehead atoms. The second-order valence-electron chi connectivity index (χ2n) is 0.885. The average molecular weight is 314 g/mol. The number of allylic oxidation sites excluding steroid dienone is 3. The molecule has 0 unspecified atom stereocenters. The Kier molecular flexibility index (Phi) is 10.5. The SMILES string of the molecule is C1=CC=CC=1.[HH].[HH].[HH].[HH].[HH].[HH].[Sn].[Sn]. The van der Waals surface area contributed by atoms with Crippen molar-refractivity contribution in [1.29, 1.82) is 0 Å². The normalized spacial score (nSPS) is 10.3. The smallest absolute Gasteiger partial charge is 0 e. The monoisotopic (exact) mass is 316 g/mol. The molecule has 0 aromatic carbocycles. The van der Waals surface area contributed by atoms with Crippen LogP contribution in [0.15, 0.2) is 30.0 Å². The minimum atomic E-state index is 0. The van der Waals surface area contributed by atoms with Gasteiger partial charge in [-0.2, -0.15) is 0 Å². The molecule has 0 heterocycles. The average Bonchev–Trinajstić information content (AvgIpc) is 1.76. The Morgan fingerprint density at radius 1 is 1.00 bits per heavy atom. The first kappa shape index (κ1) is 10.8. The predicted octanol–water partition coefficient (Wildman–Crippen LogP) is 1.98. The van der Waals surface area contributed by atoms with Gasteiger partial charge in [-0.05, 0) is 12.2 Å². The predicted molar refractivity (Wildman–Crippen MR) is 46.0 cm³/mol. The third-order valence-corrected chi connectivity index (χ3v) is 0.496. The van der Waals surface area contributed by atoms with Crippen molar-refractivity contribution in [3.8, 4) is 0 Å². The van der Waals surface area contributed by atoms with E-state index in [0.29, 0.717) is 0 Å². The zero-order valence-corrected chi connectivity index (χ0v) is 9.52. The van der Waals surface area contributed by atoms with E-state index in [0.717, 1.165) is 0 Å². The Morgan fingerprint density at radius 3 is 1.57 bits per heavy atom. The molecule has 1 aliphatic rings. The summed E-state index contributed by atoms with van der Waals surface area (Å²) in [5.74, 6) is 0. The van der Waals surface area contributed by atoms with Crippen molar-refractivity contribution >= 4 is 47.8 Å². The van der Waals surface area contributed by atoms with Gasteiger partial charge in [0.2, 0.25) is 0 Å². The van der Waals surface area contributed by atoms with Crippen LogP contribution in [0.5, 0.6) is 0 Å². The van der Waals surface area contributed by atoms with E-state index < -0.39 is 0 Å². The molecule has 1 rings (SSSR count). The molecule has 44 valence electrons. The van der Waals surface area contributed by atoms with Crippen LogP contribution in [0.4, 0.5) is 0 Å². The summed E-state index contributed by atoms with van der Waals surface area (Å²) in [7, 11) is 0. The van der Waals surface area contributed by atoms with Crippen molar-refractivity contribution in [2.75, 3.05) is 0 Å². The molecule has 0 aromatic heterocycles. The Labute approximate surface area is 86.2 Å². The zero-order valence-electron chi connectivity index (χ0n) is 3.81. The fraction of sp³-hybridized carbons (Fsp3) is 0. The quantitative estimate of drug-likeness (QED) is 0.474. The van der Waals surface area contributed by atoms with Crippen LogP contribution in [-0.2, 0) is 0 Å². The van der Waals surface area contributed by atoms with Crippen molar-refractivity contribution in [3.05, 3.63) is 30.0 Å². The Morgan fingerprint density at radius 2 is 1.43 bits per heavy atom. The molecule has 0 aliphatic heterocycles. The van der Waals surface area contributed by atoms with Gasteiger partial charge in [0.15, 0.2) is 0 Å². The maximum Gasteiger partial charge on any atom is 0 e. The molecule has 7 heavy (non-hydrogen) atoms. The summed E-state index contributed by atoms with van der Waals surface area (Å²) in [6, 6.07) is 0. The first-order valence-electron chi connectivity index (χ1n) is 1.58. The van der Waals surface area contributed by atoms with Crippen LogP contribution in [0.1, 0.15) is 8.56 Å². The fourth-order valence-electron chi connectivity index (χ4n) is 0.278. The second-order valence-corrected chi connectivity index (χ2v) is 0.885. The standard InChI is InChI=1S/C5H4.2Sn.6H2/c1-2-4-5-3-1;;;;;;;;/h1-4H;;;6*1H. The summed E-state index contributed by atoms with van der Waals surface area (Å²) in [4.78, 5) is 0. The van der Waals surface area contributed by atoms with E-state index in [2.05, 4.69) is 5.73 Å². The van der Waals surface area contributed by atoms with E-state index in [1.807, 2.05) is 24.3 Å². The van der Waals surface area contributed by atoms with Gasteiger partial charge in [0.25, 0.3) is 0 Å². The second kappa shape index (κ2) is 6.86. The van der Waals surface area contributed by atoms with Gasteiger partial charge in [-0.3, -0.25) is 0 Å². The number of rotatable bonds is 0. The molecule has 0 atom stereocenters. The van der Waals surface area contributed by atoms with Crippen molar-refractivity contribution in [2.45, 2.75) is 0 Å². The molecular formula is C5H16Sn2. The van der Waals surface area contributed by atoms with E-state index in [9.17, 15) is 0 Å². The molecule has 8 radical (unpaired) electrons. The van der Waals surface area contributed by atoms with Crippen molar-refractivity contribution in [3.63, 3.8) is 0 Å². The molecule has 1 aliphatic carbocycles. The van der Waals surface area contributed by atoms with Crippen LogP contribution in [-0.4, -0.2) is 47.8 Å². The van der Waals surface area contributed by atoms with Crippen LogP contribution in [0.25, 0.3) is 0 Å². The van der Waals surface area contributed by atoms with E-state index >= 15 is 0 Å². The molecule has 0 fully saturated rings. The van der Waals surface area contributed by atoms with Gasteiger partial charge in [-0.25, -0.2) is 0 Å². The van der Waals surface area contributed by atoms with Crippen molar-refractivity contribution < 1.29 is 8.56 Å². The maximum absolute atomic E-state index is 2.86. The van der Waals surface area contributed by atoms with E-state index in [-0.39, 0.29) is 56.4 Å². The maximum atomic E-state index is 2.86. The van der Waals surface area contributed by atoms with Gasteiger partial charge >= 0.3 is 0 Å².